The molecule has 1 aromatic heterocycles. The zero-order valence-corrected chi connectivity index (χ0v) is 26.3. The van der Waals surface area contributed by atoms with Gasteiger partial charge >= 0.3 is 6.09 Å². The molecule has 2 amide bonds. The van der Waals surface area contributed by atoms with Crippen LogP contribution in [-0.2, 0) is 26.1 Å². The van der Waals surface area contributed by atoms with E-state index >= 15 is 0 Å². The first-order valence-electron chi connectivity index (χ1n) is 14.7. The lowest BCUT2D eigenvalue weighted by Gasteiger charge is -2.25. The Morgan fingerprint density at radius 3 is 2.60 bits per heavy atom. The topological polar surface area (TPSA) is 141 Å². The molecule has 0 saturated carbocycles. The fourth-order valence-electron chi connectivity index (χ4n) is 5.48. The van der Waals surface area contributed by atoms with Gasteiger partial charge in [-0.25, -0.2) is 13.2 Å². The number of sulfonamides is 1. The molecule has 1 saturated heterocycles. The molecule has 0 spiro atoms. The SMILES string of the molecule is Cc1ccccc1[C@@H](C)COC(=O)Nc1ccc(N2CCCS2(=O)=O)c(CN(C)C(=O)CNc2ccc3cc[nH]c(=O)c3c2)c1. The number of carbonyl (C=O) groups is 2. The minimum atomic E-state index is -3.49. The molecule has 3 N–H and O–H groups in total. The second-order valence-corrected chi connectivity index (χ2v) is 13.3. The second-order valence-electron chi connectivity index (χ2n) is 11.3. The molecule has 1 aliphatic heterocycles. The fraction of sp³-hybridized carbons (Fsp3) is 0.303. The summed E-state index contributed by atoms with van der Waals surface area (Å²) >= 11 is 0. The van der Waals surface area contributed by atoms with Crippen molar-refractivity contribution in [2.75, 3.05) is 47.4 Å². The summed E-state index contributed by atoms with van der Waals surface area (Å²) in [5.74, 6) is -0.209. The molecule has 1 fully saturated rings. The first-order valence-corrected chi connectivity index (χ1v) is 16.3. The van der Waals surface area contributed by atoms with Gasteiger partial charge in [-0.05, 0) is 71.8 Å². The van der Waals surface area contributed by atoms with Crippen molar-refractivity contribution in [1.82, 2.24) is 9.88 Å². The van der Waals surface area contributed by atoms with E-state index < -0.39 is 16.1 Å². The molecule has 45 heavy (non-hydrogen) atoms. The van der Waals surface area contributed by atoms with Gasteiger partial charge in [0.1, 0.15) is 0 Å². The summed E-state index contributed by atoms with van der Waals surface area (Å²) in [6, 6.07) is 20.0. The first-order chi connectivity index (χ1) is 21.5. The number of aryl methyl sites for hydroxylation is 1. The van der Waals surface area contributed by atoms with Crippen LogP contribution < -0.4 is 20.5 Å². The predicted molar refractivity (Wildman–Crippen MR) is 176 cm³/mol. The van der Waals surface area contributed by atoms with Gasteiger partial charge in [0.15, 0.2) is 0 Å². The molecule has 3 aromatic carbocycles. The van der Waals surface area contributed by atoms with E-state index in [1.165, 1.54) is 9.21 Å². The number of likely N-dealkylation sites (N-methyl/N-ethyl adjacent to an activating group) is 1. The summed E-state index contributed by atoms with van der Waals surface area (Å²) in [5.41, 5.74) is 4.04. The summed E-state index contributed by atoms with van der Waals surface area (Å²) in [5, 5.41) is 7.10. The number of rotatable bonds is 10. The largest absolute Gasteiger partial charge is 0.449 e. The number of aromatic nitrogens is 1. The van der Waals surface area contributed by atoms with Crippen LogP contribution >= 0.6 is 0 Å². The molecule has 0 aliphatic carbocycles. The van der Waals surface area contributed by atoms with Gasteiger partial charge in [0.2, 0.25) is 15.9 Å². The number of hydrogen-bond donors (Lipinski definition) is 3. The average molecular weight is 632 g/mol. The van der Waals surface area contributed by atoms with Crippen molar-refractivity contribution in [2.24, 2.45) is 0 Å². The van der Waals surface area contributed by atoms with E-state index in [-0.39, 0.29) is 42.8 Å². The van der Waals surface area contributed by atoms with E-state index in [9.17, 15) is 22.8 Å². The number of benzene rings is 3. The lowest BCUT2D eigenvalue weighted by atomic mass is 9.97. The van der Waals surface area contributed by atoms with Crippen LogP contribution in [0.1, 0.15) is 36.0 Å². The maximum Gasteiger partial charge on any atom is 0.411 e. The lowest BCUT2D eigenvalue weighted by Crippen LogP contribution is -2.33. The Balaban J connectivity index is 1.28. The van der Waals surface area contributed by atoms with E-state index in [1.54, 1.807) is 55.7 Å². The van der Waals surface area contributed by atoms with Crippen LogP contribution in [0.15, 0.2) is 77.7 Å². The Bertz CT molecular complexity index is 1890. The number of pyridine rings is 1. The van der Waals surface area contributed by atoms with E-state index in [0.717, 1.165) is 16.5 Å². The first kappa shape index (κ1) is 31.6. The fourth-order valence-corrected chi connectivity index (χ4v) is 7.08. The highest BCUT2D eigenvalue weighted by Crippen LogP contribution is 2.31. The van der Waals surface area contributed by atoms with Gasteiger partial charge in [0, 0.05) is 49.0 Å². The van der Waals surface area contributed by atoms with Crippen LogP contribution in [0, 0.1) is 6.92 Å². The molecule has 12 heteroatoms. The van der Waals surface area contributed by atoms with Crippen molar-refractivity contribution in [1.29, 1.82) is 0 Å². The third-order valence-corrected chi connectivity index (χ3v) is 9.79. The molecule has 5 rings (SSSR count). The normalized spacial score (nSPS) is 14.6. The maximum absolute atomic E-state index is 13.1. The van der Waals surface area contributed by atoms with Gasteiger partial charge in [0.25, 0.3) is 5.56 Å². The van der Waals surface area contributed by atoms with E-state index in [0.29, 0.717) is 41.0 Å². The number of H-pyrrole nitrogens is 1. The Labute approximate surface area is 262 Å². The summed E-state index contributed by atoms with van der Waals surface area (Å²) in [6.07, 6.45) is 1.45. The quantitative estimate of drug-likeness (QED) is 0.228. The van der Waals surface area contributed by atoms with Crippen molar-refractivity contribution in [2.45, 2.75) is 32.7 Å². The van der Waals surface area contributed by atoms with Crippen LogP contribution in [0.5, 0.6) is 0 Å². The molecule has 2 heterocycles. The number of anilines is 3. The zero-order valence-electron chi connectivity index (χ0n) is 25.5. The van der Waals surface area contributed by atoms with Crippen LogP contribution in [0.3, 0.4) is 0 Å². The van der Waals surface area contributed by atoms with Gasteiger partial charge in [-0.1, -0.05) is 37.3 Å². The highest BCUT2D eigenvalue weighted by molar-refractivity contribution is 7.93. The van der Waals surface area contributed by atoms with Gasteiger partial charge in [-0.2, -0.15) is 0 Å². The van der Waals surface area contributed by atoms with Crippen LogP contribution in [0.2, 0.25) is 0 Å². The summed E-state index contributed by atoms with van der Waals surface area (Å²) in [6.45, 7) is 4.56. The Morgan fingerprint density at radius 2 is 1.84 bits per heavy atom. The van der Waals surface area contributed by atoms with Crippen LogP contribution in [-0.4, -0.2) is 62.8 Å². The third kappa shape index (κ3) is 7.46. The minimum Gasteiger partial charge on any atom is -0.449 e. The number of carbonyl (C=O) groups excluding carboxylic acids is 2. The van der Waals surface area contributed by atoms with Gasteiger partial charge in [-0.3, -0.25) is 19.2 Å². The number of fused-ring (bicyclic) bond motifs is 1. The molecule has 0 unspecified atom stereocenters. The van der Waals surface area contributed by atoms with E-state index in [2.05, 4.69) is 15.6 Å². The van der Waals surface area contributed by atoms with E-state index in [4.69, 9.17) is 4.74 Å². The van der Waals surface area contributed by atoms with E-state index in [1.807, 2.05) is 38.1 Å². The maximum atomic E-state index is 13.1. The zero-order chi connectivity index (χ0) is 32.1. The number of ether oxygens (including phenoxy) is 1. The molecule has 11 nitrogen and oxygen atoms in total. The van der Waals surface area contributed by atoms with Crippen molar-refractivity contribution in [3.05, 3.63) is 100.0 Å². The molecule has 1 aliphatic rings. The third-order valence-electron chi connectivity index (χ3n) is 7.93. The second kappa shape index (κ2) is 13.4. The number of nitrogens with one attached hydrogen (secondary N) is 3. The Kier molecular flexibility index (Phi) is 9.43. The van der Waals surface area contributed by atoms with Crippen molar-refractivity contribution in [3.63, 3.8) is 0 Å². The van der Waals surface area contributed by atoms with Crippen molar-refractivity contribution >= 4 is 49.9 Å². The number of hydrogen-bond acceptors (Lipinski definition) is 7. The highest BCUT2D eigenvalue weighted by atomic mass is 32.2. The van der Waals surface area contributed by atoms with Crippen LogP contribution in [0.4, 0.5) is 21.9 Å². The Hall–Kier alpha value is -4.84. The summed E-state index contributed by atoms with van der Waals surface area (Å²) < 4.78 is 32.4. The molecule has 0 radical (unpaired) electrons. The monoisotopic (exact) mass is 631 g/mol. The molecule has 4 aromatic rings. The van der Waals surface area contributed by atoms with Crippen LogP contribution in [0.25, 0.3) is 10.8 Å². The van der Waals surface area contributed by atoms with Crippen molar-refractivity contribution < 1.29 is 22.7 Å². The van der Waals surface area contributed by atoms with Gasteiger partial charge in [0.05, 0.1) is 24.6 Å². The molecule has 236 valence electrons. The molecular weight excluding hydrogens is 594 g/mol. The summed E-state index contributed by atoms with van der Waals surface area (Å²) in [4.78, 5) is 42.1. The van der Waals surface area contributed by atoms with Gasteiger partial charge in [-0.15, -0.1) is 0 Å². The highest BCUT2D eigenvalue weighted by Gasteiger charge is 2.30. The lowest BCUT2D eigenvalue weighted by molar-refractivity contribution is -0.128. The van der Waals surface area contributed by atoms with Gasteiger partial charge < -0.3 is 19.9 Å². The average Bonchev–Trinajstić information content (AvgIpc) is 3.37. The smallest absolute Gasteiger partial charge is 0.411 e. The number of amides is 2. The standard InChI is InChI=1S/C33H37N5O6S/c1-22-7-4-5-8-28(22)23(2)21-44-33(41)36-27-11-12-30(38-15-6-16-45(38,42)43)25(17-27)20-37(3)31(39)19-35-26-10-9-24-13-14-34-32(40)29(24)18-26/h4-5,7-14,17-18,23,35H,6,15-16,19-21H2,1-3H3,(H,34,40)(H,36,41)/t23-/m0/s1. The van der Waals surface area contributed by atoms with Crippen molar-refractivity contribution in [3.8, 4) is 0 Å². The summed E-state index contributed by atoms with van der Waals surface area (Å²) in [7, 11) is -1.87. The molecular formula is C33H37N5O6S. The number of aromatic amines is 1. The molecule has 0 bridgehead atoms. The number of nitrogens with zero attached hydrogens (tertiary/aromatic N) is 2. The molecule has 1 atom stereocenters. The Morgan fingerprint density at radius 1 is 1.07 bits per heavy atom. The minimum absolute atomic E-state index is 0.00108. The predicted octanol–water partition coefficient (Wildman–Crippen LogP) is 4.80.